The fourth-order valence-electron chi connectivity index (χ4n) is 3.30. The van der Waals surface area contributed by atoms with Gasteiger partial charge in [-0.15, -0.1) is 11.3 Å². The summed E-state index contributed by atoms with van der Waals surface area (Å²) in [6.45, 7) is 2.23. The van der Waals surface area contributed by atoms with E-state index in [0.29, 0.717) is 5.15 Å². The van der Waals surface area contributed by atoms with Gasteiger partial charge in [0.25, 0.3) is 0 Å². The van der Waals surface area contributed by atoms with Crippen LogP contribution in [0.15, 0.2) is 6.33 Å². The number of fused-ring (bicyclic) bond motifs is 5. The van der Waals surface area contributed by atoms with Crippen molar-refractivity contribution in [2.24, 2.45) is 0 Å². The molecule has 0 aromatic carbocycles. The summed E-state index contributed by atoms with van der Waals surface area (Å²) in [7, 11) is 0. The zero-order valence-corrected chi connectivity index (χ0v) is 13.5. The Morgan fingerprint density at radius 2 is 2.10 bits per heavy atom. The molecule has 0 bridgehead atoms. The fraction of sp³-hybridized carbons (Fsp3) is 0.438. The highest BCUT2D eigenvalue weighted by atomic mass is 35.5. The molecule has 0 fully saturated rings. The van der Waals surface area contributed by atoms with Crippen molar-refractivity contribution in [2.45, 2.75) is 45.4 Å². The van der Waals surface area contributed by atoms with Crippen molar-refractivity contribution >= 4 is 43.4 Å². The Labute approximate surface area is 132 Å². The molecule has 3 heterocycles. The van der Waals surface area contributed by atoms with Gasteiger partial charge in [0.05, 0.1) is 10.2 Å². The summed E-state index contributed by atoms with van der Waals surface area (Å²) in [4.78, 5) is 14.6. The zero-order valence-electron chi connectivity index (χ0n) is 11.9. The van der Waals surface area contributed by atoms with Gasteiger partial charge in [-0.2, -0.15) is 0 Å². The summed E-state index contributed by atoms with van der Waals surface area (Å²) in [5, 5.41) is 1.77. The average molecular weight is 318 g/mol. The van der Waals surface area contributed by atoms with Crippen LogP contribution in [0.2, 0.25) is 5.15 Å². The van der Waals surface area contributed by atoms with Crippen LogP contribution in [0.1, 0.15) is 43.0 Å². The molecular weight excluding hydrogens is 302 g/mol. The van der Waals surface area contributed by atoms with Crippen LogP contribution in [-0.4, -0.2) is 15.0 Å². The minimum Gasteiger partial charge on any atom is -0.242 e. The van der Waals surface area contributed by atoms with Crippen LogP contribution in [0.25, 0.3) is 20.4 Å². The summed E-state index contributed by atoms with van der Waals surface area (Å²) in [6, 6.07) is 0. The number of nitrogens with zero attached hydrogens (tertiary/aromatic N) is 3. The molecule has 0 amide bonds. The number of hydrogen-bond donors (Lipinski definition) is 0. The molecule has 0 aliphatic heterocycles. The van der Waals surface area contributed by atoms with Gasteiger partial charge in [-0.25, -0.2) is 15.0 Å². The van der Waals surface area contributed by atoms with Gasteiger partial charge in [0.2, 0.25) is 0 Å². The number of hydrogen-bond acceptors (Lipinski definition) is 4. The highest BCUT2D eigenvalue weighted by Gasteiger charge is 2.23. The second-order valence-corrected chi connectivity index (χ2v) is 6.95. The van der Waals surface area contributed by atoms with Crippen molar-refractivity contribution < 1.29 is 0 Å². The van der Waals surface area contributed by atoms with Gasteiger partial charge in [-0.3, -0.25) is 0 Å². The van der Waals surface area contributed by atoms with E-state index in [9.17, 15) is 0 Å². The lowest BCUT2D eigenvalue weighted by molar-refractivity contribution is 0.770. The second-order valence-electron chi connectivity index (χ2n) is 5.60. The Kier molecular flexibility index (Phi) is 3.31. The van der Waals surface area contributed by atoms with Crippen molar-refractivity contribution in [3.05, 3.63) is 28.3 Å². The highest BCUT2D eigenvalue weighted by molar-refractivity contribution is 7.26. The standard InChI is InChI=1S/C16H16ClN3S/c1-2-3-7-11-9-5-4-6-10(9)12-13-14(21-16(12)20-11)15(17)19-8-18-13/h8H,2-7H2,1H3. The third kappa shape index (κ3) is 2.04. The predicted molar refractivity (Wildman–Crippen MR) is 88.4 cm³/mol. The maximum atomic E-state index is 6.23. The van der Waals surface area contributed by atoms with Gasteiger partial charge >= 0.3 is 0 Å². The third-order valence-corrected chi connectivity index (χ3v) is 5.76. The number of unbranched alkanes of at least 4 members (excludes halogenated alkanes) is 1. The first-order valence-electron chi connectivity index (χ1n) is 7.53. The van der Waals surface area contributed by atoms with Crippen molar-refractivity contribution in [3.63, 3.8) is 0 Å². The van der Waals surface area contributed by atoms with E-state index in [4.69, 9.17) is 16.6 Å². The fourth-order valence-corrected chi connectivity index (χ4v) is 4.61. The van der Waals surface area contributed by atoms with Crippen LogP contribution in [0, 0.1) is 0 Å². The molecule has 3 nitrogen and oxygen atoms in total. The van der Waals surface area contributed by atoms with Crippen LogP contribution in [-0.2, 0) is 19.3 Å². The van der Waals surface area contributed by atoms with Gasteiger partial charge in [0, 0.05) is 11.1 Å². The third-order valence-electron chi connectivity index (χ3n) is 4.28. The average Bonchev–Trinajstić information content (AvgIpc) is 3.09. The molecule has 1 aliphatic carbocycles. The largest absolute Gasteiger partial charge is 0.242 e. The van der Waals surface area contributed by atoms with Gasteiger partial charge in [0.1, 0.15) is 16.3 Å². The number of pyridine rings is 1. The van der Waals surface area contributed by atoms with Crippen LogP contribution < -0.4 is 0 Å². The topological polar surface area (TPSA) is 38.7 Å². The summed E-state index contributed by atoms with van der Waals surface area (Å²) < 4.78 is 0.975. The van der Waals surface area contributed by atoms with E-state index in [1.807, 2.05) is 0 Å². The van der Waals surface area contributed by atoms with Crippen molar-refractivity contribution in [1.82, 2.24) is 15.0 Å². The summed E-state index contributed by atoms with van der Waals surface area (Å²) >= 11 is 7.87. The van der Waals surface area contributed by atoms with Gasteiger partial charge < -0.3 is 0 Å². The van der Waals surface area contributed by atoms with Gasteiger partial charge in [-0.05, 0) is 43.2 Å². The Morgan fingerprint density at radius 3 is 2.95 bits per heavy atom. The molecule has 0 spiro atoms. The van der Waals surface area contributed by atoms with Crippen LogP contribution in [0.5, 0.6) is 0 Å². The molecule has 1 aliphatic rings. The van der Waals surface area contributed by atoms with Crippen molar-refractivity contribution in [3.8, 4) is 0 Å². The second kappa shape index (κ2) is 5.18. The quantitative estimate of drug-likeness (QED) is 0.656. The number of thiophene rings is 1. The van der Waals surface area contributed by atoms with Crippen LogP contribution >= 0.6 is 22.9 Å². The minimum absolute atomic E-state index is 0.546. The maximum absolute atomic E-state index is 6.23. The predicted octanol–water partition coefficient (Wildman–Crippen LogP) is 4.72. The van der Waals surface area contributed by atoms with E-state index >= 15 is 0 Å². The summed E-state index contributed by atoms with van der Waals surface area (Å²) in [5.41, 5.74) is 5.23. The van der Waals surface area contributed by atoms with Crippen molar-refractivity contribution in [2.75, 3.05) is 0 Å². The van der Waals surface area contributed by atoms with Gasteiger partial charge in [-0.1, -0.05) is 24.9 Å². The summed E-state index contributed by atoms with van der Waals surface area (Å²) in [6.07, 6.45) is 8.58. The smallest absolute Gasteiger partial charge is 0.150 e. The first-order valence-corrected chi connectivity index (χ1v) is 8.72. The monoisotopic (exact) mass is 317 g/mol. The van der Waals surface area contributed by atoms with E-state index in [1.54, 1.807) is 17.7 Å². The zero-order chi connectivity index (χ0) is 14.4. The van der Waals surface area contributed by atoms with E-state index in [2.05, 4.69) is 16.9 Å². The first kappa shape index (κ1) is 13.4. The SMILES string of the molecule is CCCCc1nc2sc3c(Cl)ncnc3c2c2c1CCC2. The van der Waals surface area contributed by atoms with E-state index < -0.39 is 0 Å². The van der Waals surface area contributed by atoms with Crippen LogP contribution in [0.3, 0.4) is 0 Å². The molecule has 4 rings (SSSR count). The maximum Gasteiger partial charge on any atom is 0.150 e. The molecule has 3 aromatic heterocycles. The Bertz CT molecular complexity index is 841. The minimum atomic E-state index is 0.546. The van der Waals surface area contributed by atoms with E-state index in [0.717, 1.165) is 34.3 Å². The molecule has 0 radical (unpaired) electrons. The number of rotatable bonds is 3. The Morgan fingerprint density at radius 1 is 1.24 bits per heavy atom. The number of halogens is 1. The molecule has 0 saturated heterocycles. The molecule has 0 N–H and O–H groups in total. The lowest BCUT2D eigenvalue weighted by Crippen LogP contribution is -1.98. The molecular formula is C16H16ClN3S. The van der Waals surface area contributed by atoms with Crippen LogP contribution in [0.4, 0.5) is 0 Å². The van der Waals surface area contributed by atoms with Crippen molar-refractivity contribution in [1.29, 1.82) is 0 Å². The normalized spacial score (nSPS) is 14.2. The van der Waals surface area contributed by atoms with E-state index in [-0.39, 0.29) is 0 Å². The molecule has 5 heteroatoms. The van der Waals surface area contributed by atoms with Gasteiger partial charge in [0.15, 0.2) is 0 Å². The number of aryl methyl sites for hydroxylation is 2. The first-order chi connectivity index (χ1) is 10.3. The molecule has 0 atom stereocenters. The molecule has 108 valence electrons. The Balaban J connectivity index is 2.04. The molecule has 0 unspecified atom stereocenters. The Hall–Kier alpha value is -1.26. The lowest BCUT2D eigenvalue weighted by Gasteiger charge is -2.08. The summed E-state index contributed by atoms with van der Waals surface area (Å²) in [5.74, 6) is 0. The molecule has 0 saturated carbocycles. The van der Waals surface area contributed by atoms with E-state index in [1.165, 1.54) is 41.5 Å². The highest BCUT2D eigenvalue weighted by Crippen LogP contribution is 2.41. The molecule has 3 aromatic rings. The lowest BCUT2D eigenvalue weighted by atomic mass is 10.0. The number of aromatic nitrogens is 3. The molecule has 21 heavy (non-hydrogen) atoms.